The van der Waals surface area contributed by atoms with Gasteiger partial charge in [-0.25, -0.2) is 0 Å². The Hall–Kier alpha value is -2.27. The lowest BCUT2D eigenvalue weighted by Gasteiger charge is -2.03. The van der Waals surface area contributed by atoms with Crippen LogP contribution in [0.5, 0.6) is 0 Å². The normalized spacial score (nSPS) is 12.7. The molecule has 0 saturated heterocycles. The SMILES string of the molecule is CNC(C)c1nnc(-c2nccc3ccccc23)o1. The lowest BCUT2D eigenvalue weighted by atomic mass is 10.1. The Morgan fingerprint density at radius 3 is 2.84 bits per heavy atom. The van der Waals surface area contributed by atoms with Crippen LogP contribution in [0.1, 0.15) is 18.9 Å². The van der Waals surface area contributed by atoms with Gasteiger partial charge in [0.2, 0.25) is 5.89 Å². The van der Waals surface area contributed by atoms with Gasteiger partial charge < -0.3 is 9.73 Å². The largest absolute Gasteiger partial charge is 0.418 e. The summed E-state index contributed by atoms with van der Waals surface area (Å²) in [6.45, 7) is 1.97. The summed E-state index contributed by atoms with van der Waals surface area (Å²) in [6, 6.07) is 10.00. The average Bonchev–Trinajstić information content (AvgIpc) is 2.95. The maximum absolute atomic E-state index is 5.68. The Balaban J connectivity index is 2.12. The van der Waals surface area contributed by atoms with Crippen molar-refractivity contribution in [3.63, 3.8) is 0 Å². The van der Waals surface area contributed by atoms with Gasteiger partial charge >= 0.3 is 0 Å². The van der Waals surface area contributed by atoms with E-state index in [2.05, 4.69) is 20.5 Å². The van der Waals surface area contributed by atoms with Gasteiger partial charge in [0.1, 0.15) is 5.69 Å². The minimum atomic E-state index is 0.0243. The fourth-order valence-electron chi connectivity index (χ4n) is 1.92. The molecule has 5 nitrogen and oxygen atoms in total. The second kappa shape index (κ2) is 4.78. The van der Waals surface area contributed by atoms with Crippen LogP contribution in [0.25, 0.3) is 22.4 Å². The predicted octanol–water partition coefficient (Wildman–Crippen LogP) is 2.57. The molecule has 1 N–H and O–H groups in total. The van der Waals surface area contributed by atoms with Crippen LogP contribution in [0.2, 0.25) is 0 Å². The third-order valence-corrected chi connectivity index (χ3v) is 3.12. The number of nitrogens with one attached hydrogen (secondary N) is 1. The highest BCUT2D eigenvalue weighted by Gasteiger charge is 2.15. The van der Waals surface area contributed by atoms with Crippen molar-refractivity contribution in [2.24, 2.45) is 0 Å². The van der Waals surface area contributed by atoms with Crippen LogP contribution in [-0.4, -0.2) is 22.2 Å². The molecule has 0 aliphatic rings. The van der Waals surface area contributed by atoms with Gasteiger partial charge in [-0.1, -0.05) is 24.3 Å². The number of rotatable bonds is 3. The Bertz CT molecular complexity index is 702. The van der Waals surface area contributed by atoms with Crippen LogP contribution in [0, 0.1) is 0 Å². The summed E-state index contributed by atoms with van der Waals surface area (Å²) in [7, 11) is 1.85. The molecule has 0 radical (unpaired) electrons. The highest BCUT2D eigenvalue weighted by atomic mass is 16.4. The zero-order valence-electron chi connectivity index (χ0n) is 10.8. The molecule has 0 bridgehead atoms. The Kier molecular flexibility index (Phi) is 2.97. The first-order chi connectivity index (χ1) is 9.29. The Morgan fingerprint density at radius 1 is 1.16 bits per heavy atom. The molecule has 2 aromatic heterocycles. The van der Waals surface area contributed by atoms with Gasteiger partial charge in [-0.15, -0.1) is 10.2 Å². The van der Waals surface area contributed by atoms with E-state index >= 15 is 0 Å². The van der Waals surface area contributed by atoms with Gasteiger partial charge in [0, 0.05) is 11.6 Å². The van der Waals surface area contributed by atoms with Gasteiger partial charge in [-0.2, -0.15) is 0 Å². The first-order valence-electron chi connectivity index (χ1n) is 6.14. The Morgan fingerprint density at radius 2 is 2.00 bits per heavy atom. The summed E-state index contributed by atoms with van der Waals surface area (Å²) >= 11 is 0. The minimum absolute atomic E-state index is 0.0243. The lowest BCUT2D eigenvalue weighted by molar-refractivity contribution is 0.441. The number of pyridine rings is 1. The molecule has 1 unspecified atom stereocenters. The van der Waals surface area contributed by atoms with Crippen molar-refractivity contribution in [2.75, 3.05) is 7.05 Å². The third kappa shape index (κ3) is 2.08. The first kappa shape index (κ1) is 11.8. The predicted molar refractivity (Wildman–Crippen MR) is 72.5 cm³/mol. The summed E-state index contributed by atoms with van der Waals surface area (Å²) in [6.07, 6.45) is 1.75. The summed E-state index contributed by atoms with van der Waals surface area (Å²) in [5.74, 6) is 1.01. The molecule has 96 valence electrons. The molecule has 3 aromatic rings. The molecule has 19 heavy (non-hydrogen) atoms. The van der Waals surface area contributed by atoms with Crippen LogP contribution in [0.15, 0.2) is 40.9 Å². The maximum atomic E-state index is 5.68. The van der Waals surface area contributed by atoms with Crippen LogP contribution < -0.4 is 5.32 Å². The molecule has 0 spiro atoms. The van der Waals surface area contributed by atoms with Crippen LogP contribution >= 0.6 is 0 Å². The van der Waals surface area contributed by atoms with Crippen LogP contribution in [-0.2, 0) is 0 Å². The highest BCUT2D eigenvalue weighted by molar-refractivity contribution is 5.92. The third-order valence-electron chi connectivity index (χ3n) is 3.12. The lowest BCUT2D eigenvalue weighted by Crippen LogP contribution is -2.12. The topological polar surface area (TPSA) is 63.8 Å². The van der Waals surface area contributed by atoms with Gasteiger partial charge in [0.05, 0.1) is 6.04 Å². The average molecular weight is 254 g/mol. The molecule has 2 heterocycles. The minimum Gasteiger partial charge on any atom is -0.418 e. The number of nitrogens with zero attached hydrogens (tertiary/aromatic N) is 3. The number of hydrogen-bond acceptors (Lipinski definition) is 5. The highest BCUT2D eigenvalue weighted by Crippen LogP contribution is 2.26. The second-order valence-corrected chi connectivity index (χ2v) is 4.34. The van der Waals surface area contributed by atoms with Crippen molar-refractivity contribution >= 4 is 10.8 Å². The van der Waals surface area contributed by atoms with Gasteiger partial charge in [-0.3, -0.25) is 4.98 Å². The monoisotopic (exact) mass is 254 g/mol. The van der Waals surface area contributed by atoms with Crippen LogP contribution in [0.3, 0.4) is 0 Å². The molecule has 0 aliphatic carbocycles. The molecular formula is C14H14N4O. The number of hydrogen-bond donors (Lipinski definition) is 1. The maximum Gasteiger partial charge on any atom is 0.266 e. The molecule has 0 amide bonds. The van der Waals surface area contributed by atoms with E-state index in [0.717, 1.165) is 16.5 Å². The van der Waals surface area contributed by atoms with Crippen molar-refractivity contribution in [2.45, 2.75) is 13.0 Å². The van der Waals surface area contributed by atoms with E-state index in [1.807, 2.05) is 44.3 Å². The molecule has 0 fully saturated rings. The fraction of sp³-hybridized carbons (Fsp3) is 0.214. The zero-order valence-corrected chi connectivity index (χ0v) is 10.8. The van der Waals surface area contributed by atoms with Gasteiger partial charge in [-0.05, 0) is 25.4 Å². The molecule has 5 heteroatoms. The molecule has 1 atom stereocenters. The molecule has 1 aromatic carbocycles. The van der Waals surface area contributed by atoms with E-state index in [1.165, 1.54) is 0 Å². The summed E-state index contributed by atoms with van der Waals surface area (Å²) < 4.78 is 5.68. The van der Waals surface area contributed by atoms with Crippen molar-refractivity contribution in [3.8, 4) is 11.6 Å². The molecule has 3 rings (SSSR count). The van der Waals surface area contributed by atoms with E-state index in [4.69, 9.17) is 4.42 Å². The molecular weight excluding hydrogens is 240 g/mol. The second-order valence-electron chi connectivity index (χ2n) is 4.34. The van der Waals surface area contributed by atoms with Crippen molar-refractivity contribution in [1.29, 1.82) is 0 Å². The van der Waals surface area contributed by atoms with Gasteiger partial charge in [0.25, 0.3) is 5.89 Å². The molecule has 0 saturated carbocycles. The first-order valence-corrected chi connectivity index (χ1v) is 6.14. The summed E-state index contributed by atoms with van der Waals surface area (Å²) in [5, 5.41) is 13.3. The van der Waals surface area contributed by atoms with Crippen molar-refractivity contribution < 1.29 is 4.42 Å². The van der Waals surface area contributed by atoms with E-state index in [0.29, 0.717) is 11.8 Å². The van der Waals surface area contributed by atoms with E-state index in [1.54, 1.807) is 6.20 Å². The van der Waals surface area contributed by atoms with Crippen molar-refractivity contribution in [3.05, 3.63) is 42.4 Å². The smallest absolute Gasteiger partial charge is 0.266 e. The quantitative estimate of drug-likeness (QED) is 0.778. The number of benzene rings is 1. The Labute approximate surface area is 110 Å². The standard InChI is InChI=1S/C14H14N4O/c1-9(15-2)13-17-18-14(19-13)12-11-6-4-3-5-10(11)7-8-16-12/h3-9,15H,1-2H3. The number of aromatic nitrogens is 3. The van der Waals surface area contributed by atoms with Crippen LogP contribution in [0.4, 0.5) is 0 Å². The fourth-order valence-corrected chi connectivity index (χ4v) is 1.92. The molecule has 0 aliphatic heterocycles. The summed E-state index contributed by atoms with van der Waals surface area (Å²) in [5.41, 5.74) is 0.722. The van der Waals surface area contributed by atoms with E-state index < -0.39 is 0 Å². The zero-order chi connectivity index (χ0) is 13.2. The number of fused-ring (bicyclic) bond motifs is 1. The van der Waals surface area contributed by atoms with Crippen molar-refractivity contribution in [1.82, 2.24) is 20.5 Å². The van der Waals surface area contributed by atoms with Gasteiger partial charge in [0.15, 0.2) is 0 Å². The van der Waals surface area contributed by atoms with E-state index in [9.17, 15) is 0 Å². The summed E-state index contributed by atoms with van der Waals surface area (Å²) in [4.78, 5) is 4.36. The van der Waals surface area contributed by atoms with E-state index in [-0.39, 0.29) is 6.04 Å².